The summed E-state index contributed by atoms with van der Waals surface area (Å²) in [5.41, 5.74) is 8.10. The lowest BCUT2D eigenvalue weighted by Gasteiger charge is -2.49. The van der Waals surface area contributed by atoms with Crippen LogP contribution in [0.4, 0.5) is 4.79 Å². The van der Waals surface area contributed by atoms with Crippen molar-refractivity contribution in [3.05, 3.63) is 71.7 Å². The van der Waals surface area contributed by atoms with E-state index < -0.39 is 5.91 Å². The number of nitrogens with one attached hydrogen (secondary N) is 3. The minimum Gasteiger partial charge on any atom is -0.334 e. The minimum absolute atomic E-state index is 0.0989. The number of piperidine rings is 2. The third kappa shape index (κ3) is 4.57. The number of imidazole rings is 1. The fourth-order valence-corrected chi connectivity index (χ4v) is 5.43. The average Bonchev–Trinajstić information content (AvgIpc) is 3.14. The van der Waals surface area contributed by atoms with Gasteiger partial charge in [-0.2, -0.15) is 0 Å². The zero-order valence-corrected chi connectivity index (χ0v) is 18.8. The van der Waals surface area contributed by atoms with Gasteiger partial charge in [0.05, 0.1) is 5.69 Å². The van der Waals surface area contributed by atoms with Crippen LogP contribution in [-0.2, 0) is 6.54 Å². The Morgan fingerprint density at radius 3 is 2.48 bits per heavy atom. The van der Waals surface area contributed by atoms with Crippen molar-refractivity contribution < 1.29 is 9.59 Å². The number of pyridine rings is 1. The van der Waals surface area contributed by atoms with Crippen molar-refractivity contribution >= 4 is 17.6 Å². The minimum atomic E-state index is -0.393. The number of hydrogen-bond donors (Lipinski definition) is 3. The molecule has 0 aliphatic carbocycles. The predicted octanol–water partition coefficient (Wildman–Crippen LogP) is 3.17. The second-order valence-electron chi connectivity index (χ2n) is 9.09. The topological polar surface area (TPSA) is 90.8 Å². The van der Waals surface area contributed by atoms with Gasteiger partial charge >= 0.3 is 6.03 Å². The van der Waals surface area contributed by atoms with Crippen molar-refractivity contribution in [2.75, 3.05) is 0 Å². The molecule has 0 radical (unpaired) electrons. The standard InChI is InChI=1S/C25H30N6O2/c1-17-23(30-13-6-5-12-22(30)26-17)24(32)28-29-25(33)27-19-14-20-10-7-11-21(15-19)31(20)16-18-8-3-2-4-9-18/h2-6,8-9,12-13,19-21H,7,10-11,14-16H2,1H3,(H,28,32)(H2,27,29,33). The largest absolute Gasteiger partial charge is 0.334 e. The second-order valence-corrected chi connectivity index (χ2v) is 9.09. The van der Waals surface area contributed by atoms with E-state index in [2.05, 4.69) is 56.4 Å². The van der Waals surface area contributed by atoms with Crippen molar-refractivity contribution in [3.8, 4) is 0 Å². The molecule has 8 heteroatoms. The highest BCUT2D eigenvalue weighted by molar-refractivity contribution is 5.95. The molecule has 33 heavy (non-hydrogen) atoms. The van der Waals surface area contributed by atoms with Crippen LogP contribution in [0, 0.1) is 6.92 Å². The zero-order valence-electron chi connectivity index (χ0n) is 18.8. The molecule has 172 valence electrons. The van der Waals surface area contributed by atoms with E-state index in [1.165, 1.54) is 12.0 Å². The summed E-state index contributed by atoms with van der Waals surface area (Å²) in [6.07, 6.45) is 7.20. The Labute approximate surface area is 193 Å². The average molecular weight is 447 g/mol. The number of amides is 3. The van der Waals surface area contributed by atoms with E-state index in [4.69, 9.17) is 0 Å². The first-order valence-corrected chi connectivity index (χ1v) is 11.7. The Hall–Kier alpha value is -3.39. The van der Waals surface area contributed by atoms with Crippen LogP contribution in [0.3, 0.4) is 0 Å². The van der Waals surface area contributed by atoms with Gasteiger partial charge in [-0.3, -0.25) is 19.5 Å². The SMILES string of the molecule is Cc1nc2ccccn2c1C(=O)NNC(=O)NC1CC2CCCC(C1)N2Cc1ccccc1. The number of benzene rings is 1. The summed E-state index contributed by atoms with van der Waals surface area (Å²) in [4.78, 5) is 32.3. The smallest absolute Gasteiger partial charge is 0.333 e. The van der Waals surface area contributed by atoms with E-state index in [9.17, 15) is 9.59 Å². The summed E-state index contributed by atoms with van der Waals surface area (Å²) < 4.78 is 1.72. The van der Waals surface area contributed by atoms with E-state index in [1.807, 2.05) is 18.2 Å². The molecule has 2 aromatic heterocycles. The number of rotatable bonds is 4. The lowest BCUT2D eigenvalue weighted by molar-refractivity contribution is 0.0196. The molecule has 0 saturated carbocycles. The molecule has 3 aromatic rings. The molecule has 2 bridgehead atoms. The molecule has 4 heterocycles. The number of urea groups is 1. The fraction of sp³-hybridized carbons (Fsp3) is 0.400. The maximum Gasteiger partial charge on any atom is 0.333 e. The van der Waals surface area contributed by atoms with Gasteiger partial charge in [0, 0.05) is 30.9 Å². The molecular formula is C25H30N6O2. The number of nitrogens with zero attached hydrogens (tertiary/aromatic N) is 3. The first-order chi connectivity index (χ1) is 16.1. The van der Waals surface area contributed by atoms with Gasteiger partial charge in [0.15, 0.2) is 0 Å². The Bertz CT molecular complexity index is 1130. The van der Waals surface area contributed by atoms with Crippen LogP contribution in [0.25, 0.3) is 5.65 Å². The number of fused-ring (bicyclic) bond motifs is 3. The molecular weight excluding hydrogens is 416 g/mol. The van der Waals surface area contributed by atoms with Crippen molar-refractivity contribution in [2.24, 2.45) is 0 Å². The summed E-state index contributed by atoms with van der Waals surface area (Å²) in [6.45, 7) is 2.74. The van der Waals surface area contributed by atoms with Gasteiger partial charge in [0.2, 0.25) is 0 Å². The van der Waals surface area contributed by atoms with Crippen molar-refractivity contribution in [2.45, 2.75) is 63.7 Å². The molecule has 8 nitrogen and oxygen atoms in total. The number of aromatic nitrogens is 2. The summed E-state index contributed by atoms with van der Waals surface area (Å²) in [5.74, 6) is -0.393. The molecule has 2 atom stereocenters. The molecule has 2 unspecified atom stereocenters. The van der Waals surface area contributed by atoms with Crippen molar-refractivity contribution in [3.63, 3.8) is 0 Å². The number of carbonyl (C=O) groups is 2. The third-order valence-corrected chi connectivity index (χ3v) is 6.88. The third-order valence-electron chi connectivity index (χ3n) is 6.88. The van der Waals surface area contributed by atoms with Crippen molar-refractivity contribution in [1.29, 1.82) is 0 Å². The van der Waals surface area contributed by atoms with E-state index >= 15 is 0 Å². The lowest BCUT2D eigenvalue weighted by Crippen LogP contribution is -2.58. The first kappa shape index (κ1) is 21.5. The summed E-state index contributed by atoms with van der Waals surface area (Å²) >= 11 is 0. The van der Waals surface area contributed by atoms with Gasteiger partial charge in [-0.25, -0.2) is 15.2 Å². The lowest BCUT2D eigenvalue weighted by atomic mass is 9.81. The van der Waals surface area contributed by atoms with Crippen LogP contribution in [0.5, 0.6) is 0 Å². The van der Waals surface area contributed by atoms with Gasteiger partial charge in [-0.15, -0.1) is 0 Å². The molecule has 2 aliphatic rings. The quantitative estimate of drug-likeness (QED) is 0.537. The van der Waals surface area contributed by atoms with E-state index in [-0.39, 0.29) is 12.1 Å². The van der Waals surface area contributed by atoms with Gasteiger partial charge in [0.25, 0.3) is 5.91 Å². The summed E-state index contributed by atoms with van der Waals surface area (Å²) in [6, 6.07) is 16.8. The second kappa shape index (κ2) is 9.23. The number of hydrazine groups is 1. The van der Waals surface area contributed by atoms with Gasteiger partial charge in [0.1, 0.15) is 11.3 Å². The van der Waals surface area contributed by atoms with Gasteiger partial charge in [-0.05, 0) is 50.3 Å². The van der Waals surface area contributed by atoms with Crippen molar-refractivity contribution in [1.82, 2.24) is 30.5 Å². The van der Waals surface area contributed by atoms with Gasteiger partial charge < -0.3 is 5.32 Å². The molecule has 0 spiro atoms. The monoisotopic (exact) mass is 446 g/mol. The van der Waals surface area contributed by atoms with E-state index in [1.54, 1.807) is 17.5 Å². The molecule has 2 fully saturated rings. The Morgan fingerprint density at radius 2 is 1.73 bits per heavy atom. The molecule has 2 aliphatic heterocycles. The van der Waals surface area contributed by atoms with Crippen LogP contribution >= 0.6 is 0 Å². The zero-order chi connectivity index (χ0) is 22.8. The van der Waals surface area contributed by atoms with Crippen LogP contribution < -0.4 is 16.2 Å². The maximum absolute atomic E-state index is 12.7. The highest BCUT2D eigenvalue weighted by atomic mass is 16.2. The molecule has 3 N–H and O–H groups in total. The van der Waals surface area contributed by atoms with Gasteiger partial charge in [-0.1, -0.05) is 42.8 Å². The normalized spacial score (nSPS) is 22.6. The molecule has 1 aromatic carbocycles. The van der Waals surface area contributed by atoms with E-state index in [0.717, 1.165) is 32.2 Å². The Morgan fingerprint density at radius 1 is 1.00 bits per heavy atom. The molecule has 3 amide bonds. The molecule has 2 saturated heterocycles. The Balaban J connectivity index is 1.16. The highest BCUT2D eigenvalue weighted by Gasteiger charge is 2.38. The number of carbonyl (C=O) groups excluding carboxylic acids is 2. The number of hydrogen-bond acceptors (Lipinski definition) is 4. The van der Waals surface area contributed by atoms with Crippen LogP contribution in [0.1, 0.15) is 53.8 Å². The predicted molar refractivity (Wildman–Crippen MR) is 125 cm³/mol. The summed E-state index contributed by atoms with van der Waals surface area (Å²) in [5, 5.41) is 3.07. The van der Waals surface area contributed by atoms with Crippen LogP contribution in [-0.4, -0.2) is 44.3 Å². The number of aryl methyl sites for hydroxylation is 1. The van der Waals surface area contributed by atoms with Crippen LogP contribution in [0.2, 0.25) is 0 Å². The fourth-order valence-electron chi connectivity index (χ4n) is 5.43. The molecule has 5 rings (SSSR count). The highest BCUT2D eigenvalue weighted by Crippen LogP contribution is 2.35. The maximum atomic E-state index is 12.7. The Kier molecular flexibility index (Phi) is 6.00. The van der Waals surface area contributed by atoms with Crippen LogP contribution in [0.15, 0.2) is 54.7 Å². The summed E-state index contributed by atoms with van der Waals surface area (Å²) in [7, 11) is 0. The first-order valence-electron chi connectivity index (χ1n) is 11.7. The van der Waals surface area contributed by atoms with E-state index in [0.29, 0.717) is 29.1 Å².